The van der Waals surface area contributed by atoms with E-state index in [0.717, 1.165) is 37.4 Å². The third kappa shape index (κ3) is 3.15. The number of ether oxygens (including phenoxy) is 1. The van der Waals surface area contributed by atoms with Crippen LogP contribution < -0.4 is 10.1 Å². The van der Waals surface area contributed by atoms with Crippen LogP contribution in [0.1, 0.15) is 19.8 Å². The predicted molar refractivity (Wildman–Crippen MR) is 71.9 cm³/mol. The Morgan fingerprint density at radius 2 is 2.11 bits per heavy atom. The van der Waals surface area contributed by atoms with Crippen LogP contribution in [-0.2, 0) is 4.79 Å². The average Bonchev–Trinajstić information content (AvgIpc) is 2.40. The highest BCUT2D eigenvalue weighted by Gasteiger charge is 2.21. The standard InChI is InChI=1S/C14H20N2O2/c1-11(17)16-9-3-4-13(10-16)15-12-5-7-14(18-2)8-6-12/h5-8,13,15H,3-4,9-10H2,1-2H3/t13-/m1/s1. The van der Waals surface area contributed by atoms with Gasteiger partial charge in [0.15, 0.2) is 0 Å². The number of hydrogen-bond acceptors (Lipinski definition) is 3. The topological polar surface area (TPSA) is 41.6 Å². The van der Waals surface area contributed by atoms with E-state index in [4.69, 9.17) is 4.74 Å². The van der Waals surface area contributed by atoms with E-state index in [0.29, 0.717) is 6.04 Å². The van der Waals surface area contributed by atoms with Crippen LogP contribution in [0.5, 0.6) is 5.75 Å². The lowest BCUT2D eigenvalue weighted by molar-refractivity contribution is -0.129. The summed E-state index contributed by atoms with van der Waals surface area (Å²) >= 11 is 0. The first kappa shape index (κ1) is 12.7. The summed E-state index contributed by atoms with van der Waals surface area (Å²) in [6.07, 6.45) is 2.17. The average molecular weight is 248 g/mol. The van der Waals surface area contributed by atoms with Crippen LogP contribution >= 0.6 is 0 Å². The molecule has 0 unspecified atom stereocenters. The van der Waals surface area contributed by atoms with Gasteiger partial charge in [-0.3, -0.25) is 4.79 Å². The minimum Gasteiger partial charge on any atom is -0.497 e. The first-order chi connectivity index (χ1) is 8.69. The summed E-state index contributed by atoms with van der Waals surface area (Å²) in [5.74, 6) is 1.02. The molecule has 98 valence electrons. The molecule has 1 atom stereocenters. The number of rotatable bonds is 3. The maximum absolute atomic E-state index is 11.4. The van der Waals surface area contributed by atoms with Crippen molar-refractivity contribution in [1.29, 1.82) is 0 Å². The lowest BCUT2D eigenvalue weighted by Gasteiger charge is -2.33. The molecule has 0 saturated carbocycles. The predicted octanol–water partition coefficient (Wildman–Crippen LogP) is 2.12. The van der Waals surface area contributed by atoms with Crippen molar-refractivity contribution in [2.75, 3.05) is 25.5 Å². The lowest BCUT2D eigenvalue weighted by atomic mass is 10.1. The molecular formula is C14H20N2O2. The Hall–Kier alpha value is -1.71. The van der Waals surface area contributed by atoms with E-state index in [-0.39, 0.29) is 5.91 Å². The van der Waals surface area contributed by atoms with Crippen molar-refractivity contribution < 1.29 is 9.53 Å². The molecule has 1 aliphatic heterocycles. The van der Waals surface area contributed by atoms with E-state index in [1.807, 2.05) is 29.2 Å². The van der Waals surface area contributed by atoms with Crippen LogP contribution in [0.2, 0.25) is 0 Å². The maximum Gasteiger partial charge on any atom is 0.219 e. The molecule has 1 N–H and O–H groups in total. The van der Waals surface area contributed by atoms with Gasteiger partial charge in [-0.15, -0.1) is 0 Å². The van der Waals surface area contributed by atoms with Gasteiger partial charge in [-0.25, -0.2) is 0 Å². The number of likely N-dealkylation sites (tertiary alicyclic amines) is 1. The molecule has 0 bridgehead atoms. The molecule has 0 aliphatic carbocycles. The van der Waals surface area contributed by atoms with Gasteiger partial charge in [0.2, 0.25) is 5.91 Å². The normalized spacial score (nSPS) is 19.4. The summed E-state index contributed by atoms with van der Waals surface area (Å²) < 4.78 is 5.13. The molecule has 4 heteroatoms. The minimum atomic E-state index is 0.163. The number of nitrogens with zero attached hydrogens (tertiary/aromatic N) is 1. The van der Waals surface area contributed by atoms with Crippen molar-refractivity contribution in [2.45, 2.75) is 25.8 Å². The highest BCUT2D eigenvalue weighted by atomic mass is 16.5. The van der Waals surface area contributed by atoms with E-state index >= 15 is 0 Å². The second kappa shape index (κ2) is 5.76. The lowest BCUT2D eigenvalue weighted by Crippen LogP contribution is -2.44. The van der Waals surface area contributed by atoms with E-state index in [2.05, 4.69) is 5.32 Å². The fourth-order valence-electron chi connectivity index (χ4n) is 2.30. The van der Waals surface area contributed by atoms with Crippen LogP contribution in [0.15, 0.2) is 24.3 Å². The number of amides is 1. The van der Waals surface area contributed by atoms with Gasteiger partial charge in [-0.1, -0.05) is 0 Å². The van der Waals surface area contributed by atoms with Gasteiger partial charge < -0.3 is 15.0 Å². The monoisotopic (exact) mass is 248 g/mol. The number of piperidine rings is 1. The van der Waals surface area contributed by atoms with E-state index < -0.39 is 0 Å². The van der Waals surface area contributed by atoms with Gasteiger partial charge in [-0.2, -0.15) is 0 Å². The van der Waals surface area contributed by atoms with Crippen molar-refractivity contribution in [3.8, 4) is 5.75 Å². The number of hydrogen-bond donors (Lipinski definition) is 1. The van der Waals surface area contributed by atoms with Crippen LogP contribution in [0.4, 0.5) is 5.69 Å². The molecule has 18 heavy (non-hydrogen) atoms. The van der Waals surface area contributed by atoms with E-state index in [1.165, 1.54) is 0 Å². The van der Waals surface area contributed by atoms with Gasteiger partial charge in [0.1, 0.15) is 5.75 Å². The minimum absolute atomic E-state index is 0.163. The van der Waals surface area contributed by atoms with Gasteiger partial charge in [0.25, 0.3) is 0 Å². The molecule has 0 radical (unpaired) electrons. The Bertz CT molecular complexity index is 403. The first-order valence-electron chi connectivity index (χ1n) is 6.35. The summed E-state index contributed by atoms with van der Waals surface area (Å²) in [6, 6.07) is 8.23. The third-order valence-electron chi connectivity index (χ3n) is 3.33. The number of carbonyl (C=O) groups excluding carboxylic acids is 1. The first-order valence-corrected chi connectivity index (χ1v) is 6.35. The Labute approximate surface area is 108 Å². The Morgan fingerprint density at radius 3 is 2.72 bits per heavy atom. The van der Waals surface area contributed by atoms with Crippen molar-refractivity contribution >= 4 is 11.6 Å². The molecule has 0 aromatic heterocycles. The van der Waals surface area contributed by atoms with Crippen molar-refractivity contribution in [2.24, 2.45) is 0 Å². The van der Waals surface area contributed by atoms with E-state index in [9.17, 15) is 4.79 Å². The molecule has 1 aliphatic rings. The summed E-state index contributed by atoms with van der Waals surface area (Å²) in [6.45, 7) is 3.31. The molecule has 1 aromatic rings. The molecule has 1 fully saturated rings. The van der Waals surface area contributed by atoms with Gasteiger partial charge in [0.05, 0.1) is 7.11 Å². The van der Waals surface area contributed by atoms with Crippen LogP contribution in [0, 0.1) is 0 Å². The fourth-order valence-corrected chi connectivity index (χ4v) is 2.30. The molecular weight excluding hydrogens is 228 g/mol. The molecule has 1 saturated heterocycles. The molecule has 1 amide bonds. The smallest absolute Gasteiger partial charge is 0.219 e. The quantitative estimate of drug-likeness (QED) is 0.891. The van der Waals surface area contributed by atoms with Gasteiger partial charge in [0, 0.05) is 31.7 Å². The zero-order chi connectivity index (χ0) is 13.0. The zero-order valence-electron chi connectivity index (χ0n) is 11.0. The number of anilines is 1. The zero-order valence-corrected chi connectivity index (χ0v) is 11.0. The molecule has 1 heterocycles. The van der Waals surface area contributed by atoms with Crippen LogP contribution in [0.3, 0.4) is 0 Å². The van der Waals surface area contributed by atoms with Crippen LogP contribution in [0.25, 0.3) is 0 Å². The molecule has 1 aromatic carbocycles. The Balaban J connectivity index is 1.93. The Morgan fingerprint density at radius 1 is 1.39 bits per heavy atom. The van der Waals surface area contributed by atoms with Crippen molar-refractivity contribution in [3.63, 3.8) is 0 Å². The molecule has 0 spiro atoms. The third-order valence-corrected chi connectivity index (χ3v) is 3.33. The molecule has 2 rings (SSSR count). The second-order valence-corrected chi connectivity index (χ2v) is 4.68. The number of methoxy groups -OCH3 is 1. The largest absolute Gasteiger partial charge is 0.497 e. The summed E-state index contributed by atoms with van der Waals surface area (Å²) in [5, 5.41) is 3.47. The highest BCUT2D eigenvalue weighted by molar-refractivity contribution is 5.73. The summed E-state index contributed by atoms with van der Waals surface area (Å²) in [7, 11) is 1.66. The Kier molecular flexibility index (Phi) is 4.07. The number of carbonyl (C=O) groups is 1. The van der Waals surface area contributed by atoms with Gasteiger partial charge in [-0.05, 0) is 37.1 Å². The number of benzene rings is 1. The SMILES string of the molecule is COc1ccc(N[C@@H]2CCCN(C(C)=O)C2)cc1. The number of nitrogens with one attached hydrogen (secondary N) is 1. The second-order valence-electron chi connectivity index (χ2n) is 4.68. The summed E-state index contributed by atoms with van der Waals surface area (Å²) in [5.41, 5.74) is 1.08. The van der Waals surface area contributed by atoms with E-state index in [1.54, 1.807) is 14.0 Å². The van der Waals surface area contributed by atoms with Crippen molar-refractivity contribution in [3.05, 3.63) is 24.3 Å². The summed E-state index contributed by atoms with van der Waals surface area (Å²) in [4.78, 5) is 13.3. The highest BCUT2D eigenvalue weighted by Crippen LogP contribution is 2.19. The molecule has 4 nitrogen and oxygen atoms in total. The van der Waals surface area contributed by atoms with Gasteiger partial charge >= 0.3 is 0 Å². The van der Waals surface area contributed by atoms with Crippen LogP contribution in [-0.4, -0.2) is 37.0 Å². The fraction of sp³-hybridized carbons (Fsp3) is 0.500. The van der Waals surface area contributed by atoms with Crippen molar-refractivity contribution in [1.82, 2.24) is 4.90 Å². The maximum atomic E-state index is 11.4.